The van der Waals surface area contributed by atoms with Gasteiger partial charge in [0.05, 0.1) is 6.42 Å². The van der Waals surface area contributed by atoms with E-state index in [1.165, 1.54) is 0 Å². The Hall–Kier alpha value is -0.770. The maximum atomic E-state index is 12.3. The minimum Gasteiger partial charge on any atom is -0.342 e. The summed E-state index contributed by atoms with van der Waals surface area (Å²) in [5, 5.41) is 4.33. The lowest BCUT2D eigenvalue weighted by Gasteiger charge is -2.32. The summed E-state index contributed by atoms with van der Waals surface area (Å²) >= 11 is 12.2. The van der Waals surface area contributed by atoms with Crippen LogP contribution in [-0.4, -0.2) is 37.5 Å². The molecule has 0 atom stereocenters. The Morgan fingerprint density at radius 1 is 1.30 bits per heavy atom. The van der Waals surface area contributed by atoms with E-state index in [1.54, 1.807) is 18.2 Å². The Morgan fingerprint density at radius 2 is 1.90 bits per heavy atom. The lowest BCUT2D eigenvalue weighted by Crippen LogP contribution is -2.41. The number of halogens is 2. The van der Waals surface area contributed by atoms with Gasteiger partial charge in [-0.15, -0.1) is 0 Å². The van der Waals surface area contributed by atoms with Crippen LogP contribution in [0.4, 0.5) is 0 Å². The standard InChI is InChI=1S/C15H20Cl2N2O/c1-18-10-11-5-7-19(8-6-11)15(20)9-12-13(16)3-2-4-14(12)17/h2-4,11,18H,5-10H2,1H3. The summed E-state index contributed by atoms with van der Waals surface area (Å²) in [6, 6.07) is 5.34. The van der Waals surface area contributed by atoms with Crippen molar-refractivity contribution in [1.82, 2.24) is 10.2 Å². The second-order valence-corrected chi connectivity index (χ2v) is 6.07. The fraction of sp³-hybridized carbons (Fsp3) is 0.533. The molecule has 20 heavy (non-hydrogen) atoms. The molecule has 2 rings (SSSR count). The number of nitrogens with one attached hydrogen (secondary N) is 1. The highest BCUT2D eigenvalue weighted by Gasteiger charge is 2.23. The smallest absolute Gasteiger partial charge is 0.227 e. The zero-order chi connectivity index (χ0) is 14.5. The van der Waals surface area contributed by atoms with Crippen molar-refractivity contribution in [3.05, 3.63) is 33.8 Å². The van der Waals surface area contributed by atoms with Gasteiger partial charge in [-0.1, -0.05) is 29.3 Å². The molecular weight excluding hydrogens is 295 g/mol. The number of hydrogen-bond acceptors (Lipinski definition) is 2. The number of rotatable bonds is 4. The number of nitrogens with zero attached hydrogens (tertiary/aromatic N) is 1. The molecule has 1 amide bonds. The van der Waals surface area contributed by atoms with Crippen LogP contribution in [0, 0.1) is 5.92 Å². The van der Waals surface area contributed by atoms with Crippen molar-refractivity contribution in [1.29, 1.82) is 0 Å². The number of likely N-dealkylation sites (tertiary alicyclic amines) is 1. The SMILES string of the molecule is CNCC1CCN(C(=O)Cc2c(Cl)cccc2Cl)CC1. The van der Waals surface area contributed by atoms with Gasteiger partial charge in [-0.3, -0.25) is 4.79 Å². The number of carbonyl (C=O) groups excluding carboxylic acids is 1. The van der Waals surface area contributed by atoms with Gasteiger partial charge >= 0.3 is 0 Å². The predicted octanol–water partition coefficient (Wildman–Crippen LogP) is 2.99. The average Bonchev–Trinajstić information content (AvgIpc) is 2.44. The highest BCUT2D eigenvalue weighted by atomic mass is 35.5. The van der Waals surface area contributed by atoms with Crippen LogP contribution in [0.5, 0.6) is 0 Å². The van der Waals surface area contributed by atoms with Crippen LogP contribution in [0.1, 0.15) is 18.4 Å². The van der Waals surface area contributed by atoms with E-state index in [1.807, 2.05) is 11.9 Å². The van der Waals surface area contributed by atoms with Gasteiger partial charge in [0, 0.05) is 23.1 Å². The van der Waals surface area contributed by atoms with Gasteiger partial charge in [0.1, 0.15) is 0 Å². The highest BCUT2D eigenvalue weighted by Crippen LogP contribution is 2.26. The van der Waals surface area contributed by atoms with Gasteiger partial charge in [0.2, 0.25) is 5.91 Å². The fourth-order valence-corrected chi connectivity index (χ4v) is 3.17. The largest absolute Gasteiger partial charge is 0.342 e. The molecule has 0 aliphatic carbocycles. The van der Waals surface area contributed by atoms with Crippen LogP contribution in [-0.2, 0) is 11.2 Å². The molecule has 0 unspecified atom stereocenters. The first kappa shape index (κ1) is 15.6. The first-order valence-corrected chi connectivity index (χ1v) is 7.72. The summed E-state index contributed by atoms with van der Waals surface area (Å²) in [5.74, 6) is 0.788. The van der Waals surface area contributed by atoms with E-state index in [9.17, 15) is 4.79 Å². The Morgan fingerprint density at radius 3 is 2.45 bits per heavy atom. The first-order valence-electron chi connectivity index (χ1n) is 6.97. The normalized spacial score (nSPS) is 16.4. The van der Waals surface area contributed by atoms with Crippen LogP contribution in [0.3, 0.4) is 0 Å². The van der Waals surface area contributed by atoms with Crippen molar-refractivity contribution in [2.45, 2.75) is 19.3 Å². The van der Waals surface area contributed by atoms with Crippen LogP contribution in [0.25, 0.3) is 0 Å². The van der Waals surface area contributed by atoms with E-state index in [0.717, 1.165) is 38.0 Å². The first-order chi connectivity index (χ1) is 9.61. The third-order valence-electron chi connectivity index (χ3n) is 3.85. The molecule has 0 saturated carbocycles. The van der Waals surface area contributed by atoms with Crippen molar-refractivity contribution < 1.29 is 4.79 Å². The molecule has 1 saturated heterocycles. The summed E-state index contributed by atoms with van der Waals surface area (Å²) in [4.78, 5) is 14.3. The highest BCUT2D eigenvalue weighted by molar-refractivity contribution is 6.36. The summed E-state index contributed by atoms with van der Waals surface area (Å²) in [5.41, 5.74) is 0.734. The van der Waals surface area contributed by atoms with Crippen molar-refractivity contribution >= 4 is 29.1 Å². The molecule has 1 aromatic rings. The maximum Gasteiger partial charge on any atom is 0.227 e. The predicted molar refractivity (Wildman–Crippen MR) is 83.4 cm³/mol. The number of amides is 1. The number of hydrogen-bond donors (Lipinski definition) is 1. The third-order valence-corrected chi connectivity index (χ3v) is 4.56. The van der Waals surface area contributed by atoms with Crippen LogP contribution in [0.2, 0.25) is 10.0 Å². The van der Waals surface area contributed by atoms with Crippen molar-refractivity contribution in [3.8, 4) is 0 Å². The number of benzene rings is 1. The summed E-state index contributed by atoms with van der Waals surface area (Å²) in [6.07, 6.45) is 2.40. The molecule has 0 spiro atoms. The van der Waals surface area contributed by atoms with Gasteiger partial charge < -0.3 is 10.2 Å². The zero-order valence-electron chi connectivity index (χ0n) is 11.7. The van der Waals surface area contributed by atoms with E-state index in [4.69, 9.17) is 23.2 Å². The van der Waals surface area contributed by atoms with E-state index in [-0.39, 0.29) is 12.3 Å². The molecule has 1 aromatic carbocycles. The second kappa shape index (κ2) is 7.30. The van der Waals surface area contributed by atoms with E-state index in [0.29, 0.717) is 16.0 Å². The molecule has 1 aliphatic heterocycles. The lowest BCUT2D eigenvalue weighted by atomic mass is 9.96. The van der Waals surface area contributed by atoms with Crippen molar-refractivity contribution in [2.24, 2.45) is 5.92 Å². The van der Waals surface area contributed by atoms with E-state index in [2.05, 4.69) is 5.32 Å². The summed E-state index contributed by atoms with van der Waals surface area (Å²) in [6.45, 7) is 2.68. The fourth-order valence-electron chi connectivity index (χ4n) is 2.64. The molecule has 1 aliphatic rings. The Kier molecular flexibility index (Phi) is 5.70. The minimum absolute atomic E-state index is 0.114. The van der Waals surface area contributed by atoms with Gasteiger partial charge in [-0.2, -0.15) is 0 Å². The van der Waals surface area contributed by atoms with Gasteiger partial charge in [0.25, 0.3) is 0 Å². The van der Waals surface area contributed by atoms with Crippen LogP contribution < -0.4 is 5.32 Å². The van der Waals surface area contributed by atoms with E-state index < -0.39 is 0 Å². The van der Waals surface area contributed by atoms with Gasteiger partial charge in [0.15, 0.2) is 0 Å². The Labute approximate surface area is 130 Å². The summed E-state index contributed by atoms with van der Waals surface area (Å²) < 4.78 is 0. The Balaban J connectivity index is 1.93. The molecule has 0 radical (unpaired) electrons. The lowest BCUT2D eigenvalue weighted by molar-refractivity contribution is -0.131. The van der Waals surface area contributed by atoms with Crippen molar-refractivity contribution in [3.63, 3.8) is 0 Å². The maximum absolute atomic E-state index is 12.3. The molecule has 110 valence electrons. The molecule has 5 heteroatoms. The topological polar surface area (TPSA) is 32.3 Å². The monoisotopic (exact) mass is 314 g/mol. The summed E-state index contributed by atoms with van der Waals surface area (Å²) in [7, 11) is 1.97. The molecule has 0 aromatic heterocycles. The molecule has 1 N–H and O–H groups in total. The second-order valence-electron chi connectivity index (χ2n) is 5.26. The van der Waals surface area contributed by atoms with Gasteiger partial charge in [-0.05, 0) is 50.0 Å². The Bertz CT molecular complexity index is 451. The minimum atomic E-state index is 0.114. The molecule has 1 heterocycles. The molecule has 3 nitrogen and oxygen atoms in total. The zero-order valence-corrected chi connectivity index (χ0v) is 13.2. The molecule has 0 bridgehead atoms. The average molecular weight is 315 g/mol. The third kappa shape index (κ3) is 3.87. The number of carbonyl (C=O) groups is 1. The molecule has 1 fully saturated rings. The molecular formula is C15H20Cl2N2O. The van der Waals surface area contributed by atoms with Crippen LogP contribution >= 0.6 is 23.2 Å². The number of piperidine rings is 1. The quantitative estimate of drug-likeness (QED) is 0.926. The van der Waals surface area contributed by atoms with E-state index >= 15 is 0 Å². The van der Waals surface area contributed by atoms with Crippen molar-refractivity contribution in [2.75, 3.05) is 26.7 Å². The van der Waals surface area contributed by atoms with Gasteiger partial charge in [-0.25, -0.2) is 0 Å². The van der Waals surface area contributed by atoms with Crippen LogP contribution in [0.15, 0.2) is 18.2 Å².